The smallest absolute Gasteiger partial charge is 0.225 e. The van der Waals surface area contributed by atoms with Crippen LogP contribution in [0.15, 0.2) is 42.5 Å². The second-order valence-corrected chi connectivity index (χ2v) is 7.54. The number of phenols is 2. The molecule has 6 nitrogen and oxygen atoms in total. The summed E-state index contributed by atoms with van der Waals surface area (Å²) in [5.74, 6) is -0.0729. The summed E-state index contributed by atoms with van der Waals surface area (Å²) < 4.78 is 0. The van der Waals surface area contributed by atoms with Crippen LogP contribution in [0.2, 0.25) is 0 Å². The molecule has 0 aliphatic carbocycles. The van der Waals surface area contributed by atoms with E-state index < -0.39 is 5.41 Å². The number of benzene rings is 2. The van der Waals surface area contributed by atoms with Crippen LogP contribution >= 0.6 is 0 Å². The molecule has 5 N–H and O–H groups in total. The second-order valence-electron chi connectivity index (χ2n) is 7.54. The fourth-order valence-electron chi connectivity index (χ4n) is 2.51. The highest BCUT2D eigenvalue weighted by molar-refractivity contribution is 5.81. The zero-order chi connectivity index (χ0) is 19.9. The summed E-state index contributed by atoms with van der Waals surface area (Å²) in [6.45, 7) is 6.65. The van der Waals surface area contributed by atoms with Gasteiger partial charge in [-0.1, -0.05) is 51.1 Å². The molecular formula is C21H29N3O3. The number of phenolic OH excluding ortho intramolecular Hbond substituents is 2. The normalized spacial score (nSPS) is 11.2. The van der Waals surface area contributed by atoms with Crippen molar-refractivity contribution in [1.29, 1.82) is 0 Å². The van der Waals surface area contributed by atoms with Gasteiger partial charge in [0.2, 0.25) is 5.91 Å². The molecule has 0 aliphatic rings. The Morgan fingerprint density at radius 1 is 0.963 bits per heavy atom. The molecule has 0 fully saturated rings. The monoisotopic (exact) mass is 371 g/mol. The van der Waals surface area contributed by atoms with Crippen LogP contribution in [0, 0.1) is 5.41 Å². The van der Waals surface area contributed by atoms with Gasteiger partial charge >= 0.3 is 0 Å². The minimum Gasteiger partial charge on any atom is -0.508 e. The largest absolute Gasteiger partial charge is 0.508 e. The van der Waals surface area contributed by atoms with E-state index in [0.717, 1.165) is 6.42 Å². The number of rotatable bonds is 8. The number of carbonyl (C=O) groups is 1. The van der Waals surface area contributed by atoms with Crippen molar-refractivity contribution >= 4 is 11.6 Å². The lowest BCUT2D eigenvalue weighted by atomic mass is 9.95. The van der Waals surface area contributed by atoms with Gasteiger partial charge in [0.1, 0.15) is 11.5 Å². The maximum atomic E-state index is 11.9. The highest BCUT2D eigenvalue weighted by Crippen LogP contribution is 2.31. The van der Waals surface area contributed by atoms with Crippen molar-refractivity contribution in [2.75, 3.05) is 18.5 Å². The van der Waals surface area contributed by atoms with E-state index in [9.17, 15) is 15.0 Å². The van der Waals surface area contributed by atoms with Crippen LogP contribution in [0.25, 0.3) is 0 Å². The van der Waals surface area contributed by atoms with Gasteiger partial charge in [0, 0.05) is 24.6 Å². The molecule has 0 heterocycles. The van der Waals surface area contributed by atoms with Crippen LogP contribution < -0.4 is 16.2 Å². The highest BCUT2D eigenvalue weighted by Gasteiger charge is 2.20. The van der Waals surface area contributed by atoms with Gasteiger partial charge in [-0.25, -0.2) is 5.43 Å². The SMILES string of the molecule is CC(C)(C)C(=O)NCCc1cc(NNCCc2ccccc2)c(O)cc1O. The predicted molar refractivity (Wildman–Crippen MR) is 108 cm³/mol. The molecule has 2 aromatic rings. The fraction of sp³-hybridized carbons (Fsp3) is 0.381. The van der Waals surface area contributed by atoms with E-state index in [4.69, 9.17) is 0 Å². The number of aromatic hydroxyl groups is 2. The Kier molecular flexibility index (Phi) is 7.07. The van der Waals surface area contributed by atoms with Gasteiger partial charge in [-0.2, -0.15) is 0 Å². The third kappa shape index (κ3) is 6.49. The molecule has 1 amide bonds. The average molecular weight is 371 g/mol. The molecule has 0 radical (unpaired) electrons. The fourth-order valence-corrected chi connectivity index (χ4v) is 2.51. The van der Waals surface area contributed by atoms with E-state index in [1.165, 1.54) is 11.6 Å². The third-order valence-corrected chi connectivity index (χ3v) is 4.16. The van der Waals surface area contributed by atoms with Gasteiger partial charge in [-0.15, -0.1) is 0 Å². The Bertz CT molecular complexity index is 755. The van der Waals surface area contributed by atoms with Crippen molar-refractivity contribution in [2.45, 2.75) is 33.6 Å². The molecule has 2 aromatic carbocycles. The van der Waals surface area contributed by atoms with Crippen LogP contribution in [0.5, 0.6) is 11.5 Å². The number of hydrazine groups is 1. The molecule has 0 aromatic heterocycles. The molecule has 0 aliphatic heterocycles. The van der Waals surface area contributed by atoms with Gasteiger partial charge in [-0.3, -0.25) is 4.79 Å². The first-order chi connectivity index (χ1) is 12.8. The Morgan fingerprint density at radius 3 is 2.33 bits per heavy atom. The summed E-state index contributed by atoms with van der Waals surface area (Å²) in [5, 5.41) is 22.9. The molecular weight excluding hydrogens is 342 g/mol. The maximum Gasteiger partial charge on any atom is 0.225 e. The molecule has 2 rings (SSSR count). The molecule has 146 valence electrons. The van der Waals surface area contributed by atoms with E-state index in [1.807, 2.05) is 39.0 Å². The quantitative estimate of drug-likeness (QED) is 0.213. The van der Waals surface area contributed by atoms with Crippen molar-refractivity contribution in [3.63, 3.8) is 0 Å². The average Bonchev–Trinajstić information content (AvgIpc) is 2.61. The molecule has 0 saturated heterocycles. The summed E-state index contributed by atoms with van der Waals surface area (Å²) in [7, 11) is 0. The first kappa shape index (κ1) is 20.6. The standard InChI is InChI=1S/C21H29N3O3/c1-21(2,3)20(27)22-11-10-16-13-17(19(26)14-18(16)25)24-23-12-9-15-7-5-4-6-8-15/h4-8,13-14,23-26H,9-12H2,1-3H3,(H,22,27). The van der Waals surface area contributed by atoms with Gasteiger partial charge in [0.05, 0.1) is 5.69 Å². The van der Waals surface area contributed by atoms with Crippen LogP contribution in [-0.4, -0.2) is 29.2 Å². The van der Waals surface area contributed by atoms with Crippen molar-refractivity contribution in [3.05, 3.63) is 53.6 Å². The van der Waals surface area contributed by atoms with Gasteiger partial charge in [0.25, 0.3) is 0 Å². The molecule has 27 heavy (non-hydrogen) atoms. The number of hydrogen-bond acceptors (Lipinski definition) is 5. The Labute approximate surface area is 160 Å². The maximum absolute atomic E-state index is 11.9. The summed E-state index contributed by atoms with van der Waals surface area (Å²) in [4.78, 5) is 11.9. The minimum atomic E-state index is -0.452. The van der Waals surface area contributed by atoms with E-state index in [2.05, 4.69) is 28.3 Å². The Hall–Kier alpha value is -2.73. The van der Waals surface area contributed by atoms with E-state index >= 15 is 0 Å². The lowest BCUT2D eigenvalue weighted by Crippen LogP contribution is -2.35. The number of hydrogen-bond donors (Lipinski definition) is 5. The highest BCUT2D eigenvalue weighted by atomic mass is 16.3. The topological polar surface area (TPSA) is 93.6 Å². The molecule has 0 bridgehead atoms. The number of amides is 1. The van der Waals surface area contributed by atoms with E-state index in [1.54, 1.807) is 6.07 Å². The van der Waals surface area contributed by atoms with Gasteiger partial charge < -0.3 is 21.0 Å². The van der Waals surface area contributed by atoms with Crippen molar-refractivity contribution in [1.82, 2.24) is 10.7 Å². The van der Waals surface area contributed by atoms with Gasteiger partial charge in [0.15, 0.2) is 0 Å². The predicted octanol–water partition coefficient (Wildman–Crippen LogP) is 2.96. The van der Waals surface area contributed by atoms with Crippen LogP contribution in [0.4, 0.5) is 5.69 Å². The van der Waals surface area contributed by atoms with Crippen molar-refractivity contribution in [2.24, 2.45) is 5.41 Å². The lowest BCUT2D eigenvalue weighted by molar-refractivity contribution is -0.128. The van der Waals surface area contributed by atoms with Crippen LogP contribution in [0.3, 0.4) is 0 Å². The van der Waals surface area contributed by atoms with Crippen molar-refractivity contribution in [3.8, 4) is 11.5 Å². The summed E-state index contributed by atoms with van der Waals surface area (Å²) >= 11 is 0. The first-order valence-electron chi connectivity index (χ1n) is 9.13. The molecule has 0 unspecified atom stereocenters. The minimum absolute atomic E-state index is 0.00680. The summed E-state index contributed by atoms with van der Waals surface area (Å²) in [6, 6.07) is 13.1. The number of carbonyl (C=O) groups excluding carboxylic acids is 1. The summed E-state index contributed by atoms with van der Waals surface area (Å²) in [6.07, 6.45) is 1.31. The van der Waals surface area contributed by atoms with Crippen LogP contribution in [-0.2, 0) is 17.6 Å². The summed E-state index contributed by atoms with van der Waals surface area (Å²) in [5.41, 5.74) is 7.95. The van der Waals surface area contributed by atoms with Crippen LogP contribution in [0.1, 0.15) is 31.9 Å². The second kappa shape index (κ2) is 9.28. The molecule has 0 spiro atoms. The first-order valence-corrected chi connectivity index (χ1v) is 9.13. The molecule has 0 saturated carbocycles. The van der Waals surface area contributed by atoms with E-state index in [-0.39, 0.29) is 17.4 Å². The van der Waals surface area contributed by atoms with Gasteiger partial charge in [-0.05, 0) is 30.0 Å². The Balaban J connectivity index is 1.87. The Morgan fingerprint density at radius 2 is 1.67 bits per heavy atom. The third-order valence-electron chi connectivity index (χ3n) is 4.16. The lowest BCUT2D eigenvalue weighted by Gasteiger charge is -2.18. The number of nitrogens with one attached hydrogen (secondary N) is 3. The molecule has 0 atom stereocenters. The molecule has 6 heteroatoms. The zero-order valence-corrected chi connectivity index (χ0v) is 16.2. The van der Waals surface area contributed by atoms with E-state index in [0.29, 0.717) is 30.8 Å². The van der Waals surface area contributed by atoms with Crippen molar-refractivity contribution < 1.29 is 15.0 Å². The number of anilines is 1. The zero-order valence-electron chi connectivity index (χ0n) is 16.2.